The van der Waals surface area contributed by atoms with Crippen molar-refractivity contribution in [2.75, 3.05) is 20.1 Å². The average Bonchev–Trinajstić information content (AvgIpc) is 3.13. The van der Waals surface area contributed by atoms with E-state index < -0.39 is 0 Å². The van der Waals surface area contributed by atoms with E-state index in [9.17, 15) is 4.79 Å². The Labute approximate surface area is 174 Å². The standard InChI is InChI=1S/C20H32N4O.HI/c1-3-20(12-7-8-13-20)16-24-19(21-2)22-14-11-18(25)23-15-17-9-5-4-6-10-17;/h4-6,9-10H,3,7-8,11-16H2,1-2H3,(H,23,25)(H2,21,22,24);1H. The number of rotatable bonds is 8. The third-order valence-corrected chi connectivity index (χ3v) is 5.25. The second kappa shape index (κ2) is 12.1. The topological polar surface area (TPSA) is 65.5 Å². The van der Waals surface area contributed by atoms with Crippen LogP contribution in [0.2, 0.25) is 0 Å². The van der Waals surface area contributed by atoms with Crippen molar-refractivity contribution in [3.05, 3.63) is 35.9 Å². The smallest absolute Gasteiger partial charge is 0.222 e. The summed E-state index contributed by atoms with van der Waals surface area (Å²) >= 11 is 0. The first-order chi connectivity index (χ1) is 12.2. The molecule has 5 nitrogen and oxygen atoms in total. The number of carbonyl (C=O) groups excluding carboxylic acids is 1. The molecule has 1 aliphatic carbocycles. The van der Waals surface area contributed by atoms with Crippen molar-refractivity contribution in [2.24, 2.45) is 10.4 Å². The molecule has 0 spiro atoms. The lowest BCUT2D eigenvalue weighted by molar-refractivity contribution is -0.121. The quantitative estimate of drug-likeness (QED) is 0.309. The molecule has 1 aromatic rings. The lowest BCUT2D eigenvalue weighted by Gasteiger charge is -2.28. The van der Waals surface area contributed by atoms with Gasteiger partial charge in [-0.1, -0.05) is 50.1 Å². The highest BCUT2D eigenvalue weighted by Gasteiger charge is 2.31. The molecule has 1 saturated carbocycles. The Bertz CT molecular complexity index is 556. The molecule has 1 aromatic carbocycles. The maximum absolute atomic E-state index is 11.9. The van der Waals surface area contributed by atoms with E-state index in [-0.39, 0.29) is 29.9 Å². The van der Waals surface area contributed by atoms with Gasteiger partial charge in [0.25, 0.3) is 0 Å². The molecule has 0 saturated heterocycles. The number of benzene rings is 1. The summed E-state index contributed by atoms with van der Waals surface area (Å²) in [5.74, 6) is 0.836. The molecule has 6 heteroatoms. The molecule has 0 aromatic heterocycles. The van der Waals surface area contributed by atoms with Crippen molar-refractivity contribution in [2.45, 2.75) is 52.0 Å². The Morgan fingerprint density at radius 3 is 2.42 bits per heavy atom. The monoisotopic (exact) mass is 472 g/mol. The molecule has 0 aliphatic heterocycles. The minimum atomic E-state index is 0. The number of nitrogens with one attached hydrogen (secondary N) is 3. The Morgan fingerprint density at radius 1 is 1.12 bits per heavy atom. The maximum atomic E-state index is 11.9. The van der Waals surface area contributed by atoms with Crippen molar-refractivity contribution in [1.82, 2.24) is 16.0 Å². The molecular weight excluding hydrogens is 439 g/mol. The maximum Gasteiger partial charge on any atom is 0.222 e. The summed E-state index contributed by atoms with van der Waals surface area (Å²) in [6.45, 7) is 4.40. The first-order valence-electron chi connectivity index (χ1n) is 9.42. The van der Waals surface area contributed by atoms with Crippen LogP contribution in [0.1, 0.15) is 51.0 Å². The summed E-state index contributed by atoms with van der Waals surface area (Å²) in [6.07, 6.45) is 6.92. The molecule has 1 amide bonds. The predicted octanol–water partition coefficient (Wildman–Crippen LogP) is 3.45. The van der Waals surface area contributed by atoms with Crippen LogP contribution in [0.5, 0.6) is 0 Å². The van der Waals surface area contributed by atoms with Gasteiger partial charge in [0, 0.05) is 33.1 Å². The molecule has 0 bridgehead atoms. The molecule has 3 N–H and O–H groups in total. The van der Waals surface area contributed by atoms with E-state index in [0.29, 0.717) is 24.9 Å². The van der Waals surface area contributed by atoms with Crippen molar-refractivity contribution >= 4 is 35.8 Å². The van der Waals surface area contributed by atoms with Crippen LogP contribution in [0.25, 0.3) is 0 Å². The number of aliphatic imine (C=N–C) groups is 1. The van der Waals surface area contributed by atoms with E-state index in [1.807, 2.05) is 30.3 Å². The number of nitrogens with zero attached hydrogens (tertiary/aromatic N) is 1. The minimum Gasteiger partial charge on any atom is -0.356 e. The summed E-state index contributed by atoms with van der Waals surface area (Å²) in [5, 5.41) is 9.63. The van der Waals surface area contributed by atoms with Crippen molar-refractivity contribution in [1.29, 1.82) is 0 Å². The zero-order valence-electron chi connectivity index (χ0n) is 16.0. The number of halogens is 1. The average molecular weight is 472 g/mol. The summed E-state index contributed by atoms with van der Waals surface area (Å²) in [7, 11) is 1.78. The van der Waals surface area contributed by atoms with E-state index in [1.165, 1.54) is 32.1 Å². The van der Waals surface area contributed by atoms with Crippen LogP contribution in [0.3, 0.4) is 0 Å². The molecule has 1 fully saturated rings. The lowest BCUT2D eigenvalue weighted by atomic mass is 9.83. The molecule has 146 valence electrons. The van der Waals surface area contributed by atoms with Gasteiger partial charge in [0.2, 0.25) is 5.91 Å². The van der Waals surface area contributed by atoms with Crippen LogP contribution < -0.4 is 16.0 Å². The van der Waals surface area contributed by atoms with Gasteiger partial charge in [0.1, 0.15) is 0 Å². The second-order valence-corrected chi connectivity index (χ2v) is 6.93. The molecule has 0 unspecified atom stereocenters. The Kier molecular flexibility index (Phi) is 10.6. The Hall–Kier alpha value is -1.31. The zero-order valence-corrected chi connectivity index (χ0v) is 18.3. The van der Waals surface area contributed by atoms with Crippen LogP contribution >= 0.6 is 24.0 Å². The van der Waals surface area contributed by atoms with Gasteiger partial charge in [-0.15, -0.1) is 24.0 Å². The van der Waals surface area contributed by atoms with Crippen LogP contribution in [-0.4, -0.2) is 32.0 Å². The van der Waals surface area contributed by atoms with E-state index in [1.54, 1.807) is 7.05 Å². The molecular formula is C20H33IN4O. The number of hydrogen-bond donors (Lipinski definition) is 3. The number of amides is 1. The molecule has 1 aliphatic rings. The van der Waals surface area contributed by atoms with Crippen LogP contribution in [0, 0.1) is 5.41 Å². The van der Waals surface area contributed by atoms with Gasteiger partial charge in [-0.25, -0.2) is 0 Å². The highest BCUT2D eigenvalue weighted by atomic mass is 127. The van der Waals surface area contributed by atoms with E-state index >= 15 is 0 Å². The molecule has 0 heterocycles. The number of guanidine groups is 1. The fourth-order valence-corrected chi connectivity index (χ4v) is 3.45. The van der Waals surface area contributed by atoms with Crippen molar-refractivity contribution < 1.29 is 4.79 Å². The summed E-state index contributed by atoms with van der Waals surface area (Å²) in [6, 6.07) is 9.95. The largest absolute Gasteiger partial charge is 0.356 e. The van der Waals surface area contributed by atoms with Gasteiger partial charge in [0.15, 0.2) is 5.96 Å². The first-order valence-corrected chi connectivity index (χ1v) is 9.42. The normalized spacial score (nSPS) is 15.8. The highest BCUT2D eigenvalue weighted by molar-refractivity contribution is 14.0. The zero-order chi connectivity index (χ0) is 18.0. The highest BCUT2D eigenvalue weighted by Crippen LogP contribution is 2.40. The van der Waals surface area contributed by atoms with E-state index in [4.69, 9.17) is 0 Å². The predicted molar refractivity (Wildman–Crippen MR) is 119 cm³/mol. The minimum absolute atomic E-state index is 0. The first kappa shape index (κ1) is 22.7. The van der Waals surface area contributed by atoms with Gasteiger partial charge in [0.05, 0.1) is 0 Å². The number of hydrogen-bond acceptors (Lipinski definition) is 2. The second-order valence-electron chi connectivity index (χ2n) is 6.93. The van der Waals surface area contributed by atoms with E-state index in [2.05, 4.69) is 27.9 Å². The van der Waals surface area contributed by atoms with Crippen molar-refractivity contribution in [3.63, 3.8) is 0 Å². The summed E-state index contributed by atoms with van der Waals surface area (Å²) < 4.78 is 0. The van der Waals surface area contributed by atoms with Crippen molar-refractivity contribution in [3.8, 4) is 0 Å². The van der Waals surface area contributed by atoms with Gasteiger partial charge in [-0.2, -0.15) is 0 Å². The Morgan fingerprint density at radius 2 is 1.81 bits per heavy atom. The molecule has 26 heavy (non-hydrogen) atoms. The van der Waals surface area contributed by atoms with Gasteiger partial charge in [-0.3, -0.25) is 9.79 Å². The Balaban J connectivity index is 0.00000338. The van der Waals surface area contributed by atoms with Crippen LogP contribution in [-0.2, 0) is 11.3 Å². The van der Waals surface area contributed by atoms with Gasteiger partial charge in [-0.05, 0) is 30.2 Å². The SMILES string of the molecule is CCC1(CNC(=NC)NCCC(=O)NCc2ccccc2)CCCC1.I. The van der Waals surface area contributed by atoms with Gasteiger partial charge >= 0.3 is 0 Å². The summed E-state index contributed by atoms with van der Waals surface area (Å²) in [4.78, 5) is 16.2. The molecule has 0 radical (unpaired) electrons. The molecule has 0 atom stereocenters. The summed E-state index contributed by atoms with van der Waals surface area (Å²) in [5.41, 5.74) is 1.53. The third kappa shape index (κ3) is 7.51. The third-order valence-electron chi connectivity index (χ3n) is 5.25. The molecule has 2 rings (SSSR count). The van der Waals surface area contributed by atoms with Crippen LogP contribution in [0.4, 0.5) is 0 Å². The lowest BCUT2D eigenvalue weighted by Crippen LogP contribution is -2.43. The fraction of sp³-hybridized carbons (Fsp3) is 0.600. The fourth-order valence-electron chi connectivity index (χ4n) is 3.45. The van der Waals surface area contributed by atoms with E-state index in [0.717, 1.165) is 18.1 Å². The van der Waals surface area contributed by atoms with Crippen LogP contribution in [0.15, 0.2) is 35.3 Å². The van der Waals surface area contributed by atoms with Gasteiger partial charge < -0.3 is 16.0 Å². The number of carbonyl (C=O) groups is 1.